The van der Waals surface area contributed by atoms with E-state index < -0.39 is 12.0 Å². The predicted molar refractivity (Wildman–Crippen MR) is 166 cm³/mol. The molecule has 0 aliphatic carbocycles. The average molecular weight is 548 g/mol. The van der Waals surface area contributed by atoms with Crippen LogP contribution in [-0.2, 0) is 4.79 Å². The molecule has 0 radical (unpaired) electrons. The van der Waals surface area contributed by atoms with Gasteiger partial charge < -0.3 is 21.1 Å². The Morgan fingerprint density at radius 2 is 1.23 bits per heavy atom. The van der Waals surface area contributed by atoms with Gasteiger partial charge in [-0.3, -0.25) is 4.79 Å². The summed E-state index contributed by atoms with van der Waals surface area (Å²) in [6.45, 7) is 4.40. The average Bonchev–Trinajstić information content (AvgIpc) is 2.93. The molecule has 0 aliphatic rings. The molecular weight excluding hydrogens is 502 g/mol. The van der Waals surface area contributed by atoms with Gasteiger partial charge in [-0.25, -0.2) is 9.59 Å². The van der Waals surface area contributed by atoms with Crippen LogP contribution >= 0.6 is 0 Å². The van der Waals surface area contributed by atoms with Gasteiger partial charge in [0.25, 0.3) is 0 Å². The zero-order valence-corrected chi connectivity index (χ0v) is 23.9. The van der Waals surface area contributed by atoms with Gasteiger partial charge in [0.15, 0.2) is 0 Å². The van der Waals surface area contributed by atoms with E-state index in [9.17, 15) is 14.4 Å². The number of carbonyl (C=O) groups excluding carboxylic acids is 2. The smallest absolute Gasteiger partial charge is 0.336 e. The molecule has 0 unspecified atom stereocenters. The minimum absolute atomic E-state index is 0.0774. The number of amides is 3. The van der Waals surface area contributed by atoms with Crippen molar-refractivity contribution in [1.29, 1.82) is 0 Å². The summed E-state index contributed by atoms with van der Waals surface area (Å²) in [7, 11) is 0. The summed E-state index contributed by atoms with van der Waals surface area (Å²) in [6.07, 6.45) is 32.6. The topological polar surface area (TPSA) is 108 Å². The van der Waals surface area contributed by atoms with Crippen LogP contribution in [0.2, 0.25) is 0 Å². The van der Waals surface area contributed by atoms with Crippen molar-refractivity contribution in [3.8, 4) is 0 Å². The number of aromatic carboxylic acids is 1. The van der Waals surface area contributed by atoms with Crippen LogP contribution in [-0.4, -0.2) is 36.1 Å². The molecule has 1 aromatic carbocycles. The SMILES string of the molecule is CC/C=C\C/C=C\C/C=C\C/C=C\C/C=C\C/C=C\CCC(=O)NCCNC(=O)Nc1ccc(C)c(C(=O)O)c1. The number of benzene rings is 1. The molecule has 40 heavy (non-hydrogen) atoms. The quantitative estimate of drug-likeness (QED) is 0.107. The Kier molecular flexibility index (Phi) is 19.3. The van der Waals surface area contributed by atoms with Crippen molar-refractivity contribution in [2.24, 2.45) is 0 Å². The molecule has 0 spiro atoms. The fourth-order valence-electron chi connectivity index (χ4n) is 3.43. The van der Waals surface area contributed by atoms with Gasteiger partial charge in [-0.1, -0.05) is 85.9 Å². The first kappa shape index (κ1) is 33.9. The van der Waals surface area contributed by atoms with E-state index in [0.29, 0.717) is 30.6 Å². The number of carboxylic acids is 1. The molecule has 0 aromatic heterocycles. The zero-order chi connectivity index (χ0) is 29.3. The Labute approximate surface area is 239 Å². The number of hydrogen-bond donors (Lipinski definition) is 4. The molecule has 0 fully saturated rings. The van der Waals surface area contributed by atoms with E-state index in [0.717, 1.165) is 38.5 Å². The van der Waals surface area contributed by atoms with Crippen LogP contribution in [0.1, 0.15) is 74.2 Å². The Bertz CT molecular complexity index is 1080. The molecule has 0 saturated heterocycles. The van der Waals surface area contributed by atoms with Crippen LogP contribution in [0, 0.1) is 6.92 Å². The van der Waals surface area contributed by atoms with Gasteiger partial charge in [-0.05, 0) is 69.6 Å². The zero-order valence-electron chi connectivity index (χ0n) is 23.9. The number of anilines is 1. The lowest BCUT2D eigenvalue weighted by Crippen LogP contribution is -2.36. The molecule has 7 heteroatoms. The minimum Gasteiger partial charge on any atom is -0.478 e. The van der Waals surface area contributed by atoms with Crippen molar-refractivity contribution < 1.29 is 19.5 Å². The third-order valence-corrected chi connectivity index (χ3v) is 5.59. The summed E-state index contributed by atoms with van der Waals surface area (Å²) in [5, 5.41) is 17.2. The van der Waals surface area contributed by atoms with Gasteiger partial charge in [0.2, 0.25) is 5.91 Å². The molecule has 7 nitrogen and oxygen atoms in total. The van der Waals surface area contributed by atoms with Crippen molar-refractivity contribution in [1.82, 2.24) is 10.6 Å². The lowest BCUT2D eigenvalue weighted by molar-refractivity contribution is -0.120. The van der Waals surface area contributed by atoms with Crippen molar-refractivity contribution in [3.63, 3.8) is 0 Å². The Hall–Kier alpha value is -4.13. The largest absolute Gasteiger partial charge is 0.478 e. The van der Waals surface area contributed by atoms with Crippen LogP contribution in [0.4, 0.5) is 10.5 Å². The fourth-order valence-corrected chi connectivity index (χ4v) is 3.43. The van der Waals surface area contributed by atoms with Crippen molar-refractivity contribution in [2.75, 3.05) is 18.4 Å². The van der Waals surface area contributed by atoms with E-state index in [1.807, 2.05) is 6.08 Å². The lowest BCUT2D eigenvalue weighted by atomic mass is 10.1. The van der Waals surface area contributed by atoms with E-state index in [4.69, 9.17) is 5.11 Å². The highest BCUT2D eigenvalue weighted by Gasteiger charge is 2.09. The lowest BCUT2D eigenvalue weighted by Gasteiger charge is -2.10. The van der Waals surface area contributed by atoms with E-state index in [1.165, 1.54) is 6.07 Å². The van der Waals surface area contributed by atoms with Gasteiger partial charge in [0.05, 0.1) is 5.56 Å². The second kappa shape index (κ2) is 22.8. The van der Waals surface area contributed by atoms with Crippen LogP contribution in [0.5, 0.6) is 0 Å². The highest BCUT2D eigenvalue weighted by atomic mass is 16.4. The van der Waals surface area contributed by atoms with Gasteiger partial charge in [0, 0.05) is 25.2 Å². The molecule has 0 heterocycles. The summed E-state index contributed by atoms with van der Waals surface area (Å²) in [4.78, 5) is 35.1. The number of rotatable bonds is 19. The predicted octanol–water partition coefficient (Wildman–Crippen LogP) is 7.41. The van der Waals surface area contributed by atoms with Gasteiger partial charge in [-0.2, -0.15) is 0 Å². The number of urea groups is 1. The van der Waals surface area contributed by atoms with Crippen LogP contribution in [0.25, 0.3) is 0 Å². The number of allylic oxidation sites excluding steroid dienone is 12. The van der Waals surface area contributed by atoms with Crippen LogP contribution in [0.3, 0.4) is 0 Å². The minimum atomic E-state index is -1.05. The van der Waals surface area contributed by atoms with Gasteiger partial charge in [-0.15, -0.1) is 0 Å². The number of carbonyl (C=O) groups is 3. The van der Waals surface area contributed by atoms with E-state index in [1.54, 1.807) is 19.1 Å². The molecule has 0 saturated carbocycles. The molecule has 216 valence electrons. The van der Waals surface area contributed by atoms with E-state index in [-0.39, 0.29) is 18.0 Å². The third kappa shape index (κ3) is 18.2. The Balaban J connectivity index is 2.04. The highest BCUT2D eigenvalue weighted by Crippen LogP contribution is 2.15. The van der Waals surface area contributed by atoms with Crippen molar-refractivity contribution in [3.05, 3.63) is 102 Å². The first-order valence-corrected chi connectivity index (χ1v) is 14.0. The standard InChI is InChI=1S/C33H45N3O4/c1-3-4-5-6-7-8-9-10-11-12-13-14-15-16-17-18-19-20-21-22-31(37)34-25-26-35-33(40)36-29-24-23-28(2)30(27-29)32(38)39/h4-5,7-8,10-11,13-14,16-17,19-20,23-24,27H,3,6,9,12,15,18,21-22,25-26H2,1-2H3,(H,34,37)(H,38,39)(H2,35,36,40)/b5-4-,8-7-,11-10-,14-13-,17-16-,20-19-. The van der Waals surface area contributed by atoms with Gasteiger partial charge in [0.1, 0.15) is 0 Å². The molecule has 0 atom stereocenters. The number of hydrogen-bond acceptors (Lipinski definition) is 3. The first-order valence-electron chi connectivity index (χ1n) is 14.0. The summed E-state index contributed by atoms with van der Waals surface area (Å²) in [5.74, 6) is -1.13. The molecule has 3 amide bonds. The van der Waals surface area contributed by atoms with E-state index in [2.05, 4.69) is 89.7 Å². The molecular formula is C33H45N3O4. The summed E-state index contributed by atoms with van der Waals surface area (Å²) >= 11 is 0. The number of carboxylic acid groups (broad SMARTS) is 1. The first-order chi connectivity index (χ1) is 19.4. The maximum absolute atomic E-state index is 12.0. The second-order valence-electron chi connectivity index (χ2n) is 9.02. The molecule has 0 aliphatic heterocycles. The summed E-state index contributed by atoms with van der Waals surface area (Å²) < 4.78 is 0. The van der Waals surface area contributed by atoms with Crippen LogP contribution in [0.15, 0.2) is 91.1 Å². The number of aryl methyl sites for hydroxylation is 1. The maximum atomic E-state index is 12.0. The molecule has 1 rings (SSSR count). The summed E-state index contributed by atoms with van der Waals surface area (Å²) in [5.41, 5.74) is 1.14. The highest BCUT2D eigenvalue weighted by molar-refractivity contribution is 5.94. The third-order valence-electron chi connectivity index (χ3n) is 5.59. The number of nitrogens with one attached hydrogen (secondary N) is 3. The van der Waals surface area contributed by atoms with Crippen LogP contribution < -0.4 is 16.0 Å². The molecule has 1 aromatic rings. The van der Waals surface area contributed by atoms with Crippen molar-refractivity contribution >= 4 is 23.6 Å². The second-order valence-corrected chi connectivity index (χ2v) is 9.02. The monoisotopic (exact) mass is 547 g/mol. The van der Waals surface area contributed by atoms with E-state index >= 15 is 0 Å². The molecule has 0 bridgehead atoms. The Morgan fingerprint density at radius 1 is 0.725 bits per heavy atom. The Morgan fingerprint density at radius 3 is 1.75 bits per heavy atom. The maximum Gasteiger partial charge on any atom is 0.336 e. The van der Waals surface area contributed by atoms with Crippen molar-refractivity contribution in [2.45, 2.75) is 65.2 Å². The molecule has 4 N–H and O–H groups in total. The normalized spacial score (nSPS) is 12.1. The summed E-state index contributed by atoms with van der Waals surface area (Å²) in [6, 6.07) is 4.22. The fraction of sp³-hybridized carbons (Fsp3) is 0.364. The van der Waals surface area contributed by atoms with Gasteiger partial charge >= 0.3 is 12.0 Å².